The van der Waals surface area contributed by atoms with Crippen LogP contribution >= 0.6 is 15.9 Å². The van der Waals surface area contributed by atoms with Gasteiger partial charge >= 0.3 is 18.9 Å². The van der Waals surface area contributed by atoms with Gasteiger partial charge in [-0.1, -0.05) is 22.0 Å². The number of halogens is 10. The molecular formula is C33H29BrF9N5O3. The summed E-state index contributed by atoms with van der Waals surface area (Å²) in [6.07, 6.45) is -9.05. The zero-order valence-corrected chi connectivity index (χ0v) is 28.3. The lowest BCUT2D eigenvalue weighted by Gasteiger charge is -2.13. The quantitative estimate of drug-likeness (QED) is 0.139. The van der Waals surface area contributed by atoms with Gasteiger partial charge in [0.15, 0.2) is 0 Å². The van der Waals surface area contributed by atoms with E-state index in [0.29, 0.717) is 28.3 Å². The molecule has 274 valence electrons. The minimum atomic E-state index is -4.81. The second-order valence-corrected chi connectivity index (χ2v) is 13.2. The first-order valence-electron chi connectivity index (χ1n) is 15.7. The molecule has 0 atom stereocenters. The Bertz CT molecular complexity index is 2110. The van der Waals surface area contributed by atoms with E-state index in [9.17, 15) is 44.3 Å². The number of pyridine rings is 1. The Labute approximate surface area is 291 Å². The molecule has 0 amide bonds. The summed E-state index contributed by atoms with van der Waals surface area (Å²) in [4.78, 5) is 20.9. The zero-order chi connectivity index (χ0) is 36.9. The van der Waals surface area contributed by atoms with Crippen molar-refractivity contribution in [3.8, 4) is 11.1 Å². The topological polar surface area (TPSA) is 76.1 Å². The lowest BCUT2D eigenvalue weighted by Crippen LogP contribution is -2.26. The molecule has 0 unspecified atom stereocenters. The molecule has 7 rings (SSSR count). The Morgan fingerprint density at radius 3 is 1.69 bits per heavy atom. The lowest BCUT2D eigenvalue weighted by atomic mass is 10.0. The fourth-order valence-corrected chi connectivity index (χ4v) is 6.14. The van der Waals surface area contributed by atoms with Gasteiger partial charge in [0.2, 0.25) is 0 Å². The highest BCUT2D eigenvalue weighted by Gasteiger charge is 2.36. The maximum Gasteiger partial charge on any atom is 0.522 e. The first kappa shape index (κ1) is 36.9. The molecule has 0 bridgehead atoms. The van der Waals surface area contributed by atoms with Crippen molar-refractivity contribution in [3.05, 3.63) is 80.7 Å². The Hall–Kier alpha value is -3.90. The van der Waals surface area contributed by atoms with Crippen LogP contribution in [0.5, 0.6) is 0 Å². The number of alkyl halides is 9. The van der Waals surface area contributed by atoms with Gasteiger partial charge in [-0.25, -0.2) is 9.97 Å². The lowest BCUT2D eigenvalue weighted by molar-refractivity contribution is -0.326. The van der Waals surface area contributed by atoms with Gasteiger partial charge in [0.25, 0.3) is 5.56 Å². The molecule has 8 nitrogen and oxygen atoms in total. The van der Waals surface area contributed by atoms with Gasteiger partial charge in [0, 0.05) is 42.6 Å². The smallest absolute Gasteiger partial charge is 0.325 e. The number of nitrogens with zero attached hydrogens (tertiary/aromatic N) is 5. The number of aryl methyl sites for hydroxylation is 1. The van der Waals surface area contributed by atoms with Crippen molar-refractivity contribution in [2.45, 2.75) is 69.5 Å². The van der Waals surface area contributed by atoms with E-state index in [1.165, 1.54) is 13.2 Å². The van der Waals surface area contributed by atoms with E-state index in [4.69, 9.17) is 0 Å². The number of hydrogen-bond donors (Lipinski definition) is 0. The van der Waals surface area contributed by atoms with Gasteiger partial charge in [-0.15, -0.1) is 26.3 Å². The van der Waals surface area contributed by atoms with Crippen LogP contribution in [0.1, 0.15) is 54.7 Å². The molecule has 3 aromatic heterocycles. The normalized spacial score (nSPS) is 15.4. The van der Waals surface area contributed by atoms with Crippen molar-refractivity contribution in [3.63, 3.8) is 0 Å². The Morgan fingerprint density at radius 2 is 1.22 bits per heavy atom. The fraction of sp³-hybridized carbons (Fsp3) is 0.424. The maximum absolute atomic E-state index is 13.2. The Morgan fingerprint density at radius 1 is 0.725 bits per heavy atom. The van der Waals surface area contributed by atoms with E-state index >= 15 is 0 Å². The first-order valence-corrected chi connectivity index (χ1v) is 16.5. The first-order chi connectivity index (χ1) is 23.9. The van der Waals surface area contributed by atoms with Crippen LogP contribution in [-0.4, -0.2) is 49.6 Å². The number of imidazole rings is 2. The van der Waals surface area contributed by atoms with Crippen LogP contribution in [0.15, 0.2) is 57.9 Å². The van der Waals surface area contributed by atoms with Crippen LogP contribution in [-0.2, 0) is 35.8 Å². The Kier molecular flexibility index (Phi) is 10.1. The van der Waals surface area contributed by atoms with Gasteiger partial charge in [0.1, 0.15) is 17.2 Å². The predicted octanol–water partition coefficient (Wildman–Crippen LogP) is 9.05. The molecule has 2 aromatic carbocycles. The third kappa shape index (κ3) is 8.95. The van der Waals surface area contributed by atoms with E-state index in [1.807, 2.05) is 22.8 Å². The zero-order valence-electron chi connectivity index (χ0n) is 26.7. The second-order valence-electron chi connectivity index (χ2n) is 12.3. The molecule has 0 radical (unpaired) electrons. The molecule has 2 aliphatic rings. The van der Waals surface area contributed by atoms with Crippen molar-refractivity contribution in [1.82, 2.24) is 23.7 Å². The minimum absolute atomic E-state index is 0.105. The van der Waals surface area contributed by atoms with E-state index in [1.54, 1.807) is 22.8 Å². The van der Waals surface area contributed by atoms with Crippen molar-refractivity contribution in [2.24, 2.45) is 7.05 Å². The fourth-order valence-electron chi connectivity index (χ4n) is 5.79. The van der Waals surface area contributed by atoms with Crippen molar-refractivity contribution in [1.29, 1.82) is 0 Å². The molecule has 18 heteroatoms. The van der Waals surface area contributed by atoms with Gasteiger partial charge < -0.3 is 13.7 Å². The SMILES string of the molecule is Cn1cc(-c2ccc3nc(C4CC4)n(CCOC(F)(F)F)c3c2)cc(C(F)(F)F)c1=O.FC(F)(F)OCCn1c(C2CC2)nc2ccc(Br)cc21. The molecule has 0 N–H and O–H groups in total. The number of benzene rings is 2. The van der Waals surface area contributed by atoms with Crippen molar-refractivity contribution in [2.75, 3.05) is 13.2 Å². The summed E-state index contributed by atoms with van der Waals surface area (Å²) in [6, 6.07) is 11.1. The summed E-state index contributed by atoms with van der Waals surface area (Å²) in [7, 11) is 1.23. The number of hydrogen-bond acceptors (Lipinski definition) is 5. The summed E-state index contributed by atoms with van der Waals surface area (Å²) in [6.45, 7) is -0.969. The number of fused-ring (bicyclic) bond motifs is 2. The third-order valence-corrected chi connectivity index (χ3v) is 8.88. The van der Waals surface area contributed by atoms with Crippen LogP contribution < -0.4 is 5.56 Å². The van der Waals surface area contributed by atoms with Crippen LogP contribution in [0, 0.1) is 0 Å². The Balaban J connectivity index is 0.000000193. The van der Waals surface area contributed by atoms with E-state index in [-0.39, 0.29) is 24.6 Å². The van der Waals surface area contributed by atoms with Gasteiger partial charge in [-0.05, 0) is 73.2 Å². The van der Waals surface area contributed by atoms with E-state index < -0.39 is 43.2 Å². The summed E-state index contributed by atoms with van der Waals surface area (Å²) in [5.41, 5.74) is 0.749. The molecule has 2 saturated carbocycles. The summed E-state index contributed by atoms with van der Waals surface area (Å²) < 4.78 is 126. The monoisotopic (exact) mass is 793 g/mol. The van der Waals surface area contributed by atoms with E-state index in [2.05, 4.69) is 35.4 Å². The highest BCUT2D eigenvalue weighted by Crippen LogP contribution is 2.42. The average Bonchev–Trinajstić information content (AvgIpc) is 3.97. The van der Waals surface area contributed by atoms with Gasteiger partial charge in [-0.3, -0.25) is 14.3 Å². The molecule has 0 spiro atoms. The molecule has 5 aromatic rings. The highest BCUT2D eigenvalue weighted by molar-refractivity contribution is 9.10. The maximum atomic E-state index is 13.2. The summed E-state index contributed by atoms with van der Waals surface area (Å²) in [5.74, 6) is 2.00. The van der Waals surface area contributed by atoms with Gasteiger partial charge in [0.05, 0.1) is 35.3 Å². The minimum Gasteiger partial charge on any atom is -0.325 e. The molecule has 0 aliphatic heterocycles. The average molecular weight is 795 g/mol. The second kappa shape index (κ2) is 13.9. The highest BCUT2D eigenvalue weighted by atomic mass is 79.9. The van der Waals surface area contributed by atoms with Gasteiger partial charge in [-0.2, -0.15) is 13.2 Å². The number of rotatable bonds is 9. The molecule has 2 aliphatic carbocycles. The number of ether oxygens (including phenoxy) is 2. The van der Waals surface area contributed by atoms with E-state index in [0.717, 1.165) is 57.6 Å². The third-order valence-electron chi connectivity index (χ3n) is 8.39. The molecule has 3 heterocycles. The van der Waals surface area contributed by atoms with Crippen LogP contribution in [0.3, 0.4) is 0 Å². The molecule has 2 fully saturated rings. The predicted molar refractivity (Wildman–Crippen MR) is 171 cm³/mol. The molecular weight excluding hydrogens is 765 g/mol. The van der Waals surface area contributed by atoms with Crippen molar-refractivity contribution < 1.29 is 49.0 Å². The summed E-state index contributed by atoms with van der Waals surface area (Å²) >= 11 is 3.38. The summed E-state index contributed by atoms with van der Waals surface area (Å²) in [5, 5.41) is 0. The van der Waals surface area contributed by atoms with Crippen LogP contribution in [0.25, 0.3) is 33.2 Å². The molecule has 0 saturated heterocycles. The largest absolute Gasteiger partial charge is 0.522 e. The van der Waals surface area contributed by atoms with Crippen molar-refractivity contribution >= 4 is 38.0 Å². The molecule has 51 heavy (non-hydrogen) atoms. The number of aromatic nitrogens is 5. The standard InChI is InChI=1S/C20H17F6N3O2.C13H12BrF3N2O/c1-28-10-13(8-14(18(28)30)19(21,22)23)12-4-5-15-16(9-12)29(6-7-31-20(24,25)26)17(27-15)11-2-3-11;14-9-3-4-10-11(7-9)19(5-6-20-13(15,16)17)12(18-10)8-1-2-8/h4-5,8-11H,2-3,6-7H2,1H3;3-4,7-8H,1-2,5-6H2. The van der Waals surface area contributed by atoms with Crippen LogP contribution in [0.4, 0.5) is 39.5 Å². The van der Waals surface area contributed by atoms with Crippen LogP contribution in [0.2, 0.25) is 0 Å².